The Morgan fingerprint density at radius 1 is 1.30 bits per heavy atom. The van der Waals surface area contributed by atoms with Crippen molar-refractivity contribution in [2.45, 2.75) is 18.1 Å². The second-order valence-corrected chi connectivity index (χ2v) is 6.92. The van der Waals surface area contributed by atoms with E-state index in [9.17, 15) is 18.0 Å². The van der Waals surface area contributed by atoms with E-state index in [0.717, 1.165) is 38.8 Å². The van der Waals surface area contributed by atoms with Gasteiger partial charge in [-0.05, 0) is 65.4 Å². The molecule has 1 N–H and O–H groups in total. The van der Waals surface area contributed by atoms with Crippen molar-refractivity contribution in [3.63, 3.8) is 0 Å². The molecule has 0 saturated heterocycles. The van der Waals surface area contributed by atoms with Crippen LogP contribution in [-0.4, -0.2) is 16.6 Å². The molecule has 0 bridgehead atoms. The minimum absolute atomic E-state index is 0.0732. The summed E-state index contributed by atoms with van der Waals surface area (Å²) < 4.78 is 38.4. The number of alkyl halides is 3. The van der Waals surface area contributed by atoms with E-state index < -0.39 is 11.7 Å². The van der Waals surface area contributed by atoms with Gasteiger partial charge in [0.25, 0.3) is 0 Å². The van der Waals surface area contributed by atoms with Crippen molar-refractivity contribution >= 4 is 45.9 Å². The number of nitrogens with zero attached hydrogens (tertiary/aromatic N) is 1. The summed E-state index contributed by atoms with van der Waals surface area (Å²) in [7, 11) is 0. The molecule has 0 spiro atoms. The molecule has 8 heteroatoms. The summed E-state index contributed by atoms with van der Waals surface area (Å²) in [6.45, 7) is 1.89. The molecule has 0 fully saturated rings. The normalized spacial score (nSPS) is 11.3. The maximum Gasteiger partial charge on any atom is 0.417 e. The number of hydrogen-bond donors (Lipinski definition) is 1. The van der Waals surface area contributed by atoms with Gasteiger partial charge in [0.05, 0.1) is 16.3 Å². The Balaban J connectivity index is 1.91. The molecule has 0 radical (unpaired) electrons. The summed E-state index contributed by atoms with van der Waals surface area (Å²) in [5.41, 5.74) is 0.861. The van der Waals surface area contributed by atoms with Gasteiger partial charge in [-0.3, -0.25) is 4.79 Å². The first kappa shape index (κ1) is 18.1. The van der Waals surface area contributed by atoms with Crippen molar-refractivity contribution in [3.05, 3.63) is 51.2 Å². The number of anilines is 1. The number of halogens is 4. The quantitative estimate of drug-likeness (QED) is 0.538. The number of hydrogen-bond acceptors (Lipinski definition) is 3. The van der Waals surface area contributed by atoms with Crippen molar-refractivity contribution in [1.82, 2.24) is 4.98 Å². The molecule has 122 valence electrons. The summed E-state index contributed by atoms with van der Waals surface area (Å²) >= 11 is 3.27. The topological polar surface area (TPSA) is 42.0 Å². The van der Waals surface area contributed by atoms with Gasteiger partial charge in [-0.2, -0.15) is 13.2 Å². The van der Waals surface area contributed by atoms with Crippen LogP contribution in [0.15, 0.2) is 41.6 Å². The zero-order chi connectivity index (χ0) is 17.0. The number of amides is 1. The Kier molecular flexibility index (Phi) is 5.90. The third kappa shape index (κ3) is 5.38. The van der Waals surface area contributed by atoms with Gasteiger partial charge in [0.15, 0.2) is 0 Å². The lowest BCUT2D eigenvalue weighted by atomic mass is 10.2. The number of thioether (sulfide) groups is 1. The molecule has 1 amide bonds. The minimum Gasteiger partial charge on any atom is -0.325 e. The van der Waals surface area contributed by atoms with E-state index >= 15 is 0 Å². The highest BCUT2D eigenvalue weighted by Crippen LogP contribution is 2.29. The van der Waals surface area contributed by atoms with Crippen LogP contribution in [0.3, 0.4) is 0 Å². The SMILES string of the molecule is Cc1cc(I)ccc1NC(=O)CSc1ccc(C(F)(F)F)cn1. The van der Waals surface area contributed by atoms with Gasteiger partial charge in [-0.25, -0.2) is 4.98 Å². The van der Waals surface area contributed by atoms with Gasteiger partial charge in [0.1, 0.15) is 0 Å². The van der Waals surface area contributed by atoms with E-state index in [1.54, 1.807) is 0 Å². The molecule has 0 aliphatic rings. The molecule has 0 aliphatic carbocycles. The van der Waals surface area contributed by atoms with Gasteiger partial charge in [0, 0.05) is 15.5 Å². The number of rotatable bonds is 4. The predicted octanol–water partition coefficient (Wildman–Crippen LogP) is 4.74. The van der Waals surface area contributed by atoms with Crippen LogP contribution in [0.25, 0.3) is 0 Å². The zero-order valence-corrected chi connectivity index (χ0v) is 14.9. The standard InChI is InChI=1S/C15H12F3IN2OS/c1-9-6-11(19)3-4-12(9)21-13(22)8-23-14-5-2-10(7-20-14)15(16,17)18/h2-7H,8H2,1H3,(H,21,22). The number of aryl methyl sites for hydroxylation is 1. The Morgan fingerprint density at radius 3 is 2.61 bits per heavy atom. The maximum atomic E-state index is 12.4. The third-order valence-electron chi connectivity index (χ3n) is 2.88. The monoisotopic (exact) mass is 452 g/mol. The highest BCUT2D eigenvalue weighted by atomic mass is 127. The lowest BCUT2D eigenvalue weighted by Gasteiger charge is -2.09. The highest BCUT2D eigenvalue weighted by Gasteiger charge is 2.30. The molecule has 0 unspecified atom stereocenters. The first-order chi connectivity index (χ1) is 10.8. The van der Waals surface area contributed by atoms with Crippen LogP contribution >= 0.6 is 34.4 Å². The van der Waals surface area contributed by atoms with Gasteiger partial charge >= 0.3 is 6.18 Å². The molecular weight excluding hydrogens is 440 g/mol. The van der Waals surface area contributed by atoms with Crippen LogP contribution in [0, 0.1) is 10.5 Å². The van der Waals surface area contributed by atoms with Crippen LogP contribution in [0.5, 0.6) is 0 Å². The van der Waals surface area contributed by atoms with Crippen LogP contribution < -0.4 is 5.32 Å². The van der Waals surface area contributed by atoms with Crippen molar-refractivity contribution in [2.24, 2.45) is 0 Å². The Labute approximate surface area is 149 Å². The van der Waals surface area contributed by atoms with Crippen LogP contribution in [0.1, 0.15) is 11.1 Å². The van der Waals surface area contributed by atoms with Crippen LogP contribution in [0.2, 0.25) is 0 Å². The fourth-order valence-electron chi connectivity index (χ4n) is 1.73. The molecule has 23 heavy (non-hydrogen) atoms. The Bertz CT molecular complexity index is 705. The van der Waals surface area contributed by atoms with Crippen LogP contribution in [-0.2, 0) is 11.0 Å². The summed E-state index contributed by atoms with van der Waals surface area (Å²) in [6, 6.07) is 7.86. The summed E-state index contributed by atoms with van der Waals surface area (Å²) in [5, 5.41) is 3.14. The number of carbonyl (C=O) groups excluding carboxylic acids is 1. The highest BCUT2D eigenvalue weighted by molar-refractivity contribution is 14.1. The molecule has 0 aliphatic heterocycles. The number of aromatic nitrogens is 1. The molecule has 2 aromatic rings. The first-order valence-electron chi connectivity index (χ1n) is 6.48. The van der Waals surface area contributed by atoms with Crippen molar-refractivity contribution in [2.75, 3.05) is 11.1 Å². The third-order valence-corrected chi connectivity index (χ3v) is 4.49. The lowest BCUT2D eigenvalue weighted by molar-refractivity contribution is -0.137. The zero-order valence-electron chi connectivity index (χ0n) is 11.9. The number of nitrogens with one attached hydrogen (secondary N) is 1. The van der Waals surface area contributed by atoms with E-state index in [1.807, 2.05) is 25.1 Å². The second-order valence-electron chi connectivity index (χ2n) is 4.68. The molecule has 0 saturated carbocycles. The second kappa shape index (κ2) is 7.52. The number of pyridine rings is 1. The van der Waals surface area contributed by atoms with E-state index in [1.165, 1.54) is 6.07 Å². The van der Waals surface area contributed by atoms with Crippen molar-refractivity contribution in [3.8, 4) is 0 Å². The molecule has 1 aromatic heterocycles. The number of benzene rings is 1. The van der Waals surface area contributed by atoms with E-state index in [-0.39, 0.29) is 11.7 Å². The van der Waals surface area contributed by atoms with E-state index in [0.29, 0.717) is 5.03 Å². The fraction of sp³-hybridized carbons (Fsp3) is 0.200. The summed E-state index contributed by atoms with van der Waals surface area (Å²) in [6.07, 6.45) is -3.64. The van der Waals surface area contributed by atoms with E-state index in [2.05, 4.69) is 32.9 Å². The molecule has 1 heterocycles. The first-order valence-corrected chi connectivity index (χ1v) is 8.54. The van der Waals surface area contributed by atoms with Crippen LogP contribution in [0.4, 0.5) is 18.9 Å². The largest absolute Gasteiger partial charge is 0.417 e. The smallest absolute Gasteiger partial charge is 0.325 e. The molecular formula is C15H12F3IN2OS. The lowest BCUT2D eigenvalue weighted by Crippen LogP contribution is -2.15. The fourth-order valence-corrected chi connectivity index (χ4v) is 3.02. The Hall–Kier alpha value is -1.29. The Morgan fingerprint density at radius 2 is 2.04 bits per heavy atom. The van der Waals surface area contributed by atoms with Gasteiger partial charge in [-0.15, -0.1) is 0 Å². The molecule has 1 aromatic carbocycles. The summed E-state index contributed by atoms with van der Waals surface area (Å²) in [5.74, 6) is -0.162. The van der Waals surface area contributed by atoms with Gasteiger partial charge in [0.2, 0.25) is 5.91 Å². The predicted molar refractivity (Wildman–Crippen MR) is 92.5 cm³/mol. The molecule has 2 rings (SSSR count). The summed E-state index contributed by atoms with van der Waals surface area (Å²) in [4.78, 5) is 15.6. The maximum absolute atomic E-state index is 12.4. The average molecular weight is 452 g/mol. The van der Waals surface area contributed by atoms with Gasteiger partial charge in [-0.1, -0.05) is 11.8 Å². The average Bonchev–Trinajstić information content (AvgIpc) is 2.47. The number of carbonyl (C=O) groups is 1. The van der Waals surface area contributed by atoms with Crippen molar-refractivity contribution in [1.29, 1.82) is 0 Å². The van der Waals surface area contributed by atoms with Crippen molar-refractivity contribution < 1.29 is 18.0 Å². The van der Waals surface area contributed by atoms with Gasteiger partial charge < -0.3 is 5.32 Å². The minimum atomic E-state index is -4.41. The molecule has 0 atom stereocenters. The van der Waals surface area contributed by atoms with E-state index in [4.69, 9.17) is 0 Å². The molecule has 3 nitrogen and oxygen atoms in total.